The van der Waals surface area contributed by atoms with Gasteiger partial charge in [0.2, 0.25) is 0 Å². The van der Waals surface area contributed by atoms with E-state index in [-0.39, 0.29) is 12.0 Å². The van der Waals surface area contributed by atoms with Crippen LogP contribution in [0.25, 0.3) is 0 Å². The first-order chi connectivity index (χ1) is 7.63. The average molecular weight is 228 g/mol. The van der Waals surface area contributed by atoms with Crippen molar-refractivity contribution in [2.75, 3.05) is 20.9 Å². The van der Waals surface area contributed by atoms with E-state index in [2.05, 4.69) is 0 Å². The van der Waals surface area contributed by atoms with Crippen molar-refractivity contribution in [3.8, 4) is 11.5 Å². The molecular weight excluding hydrogens is 215 g/mol. The highest BCUT2D eigenvalue weighted by Crippen LogP contribution is 2.30. The van der Waals surface area contributed by atoms with Crippen LogP contribution < -0.4 is 9.47 Å². The van der Waals surface area contributed by atoms with Crippen LogP contribution in [0, 0.1) is 0 Å². The number of carbonyl (C=O) groups is 1. The lowest BCUT2D eigenvalue weighted by Crippen LogP contribution is -2.05. The fourth-order valence-electron chi connectivity index (χ4n) is 1.43. The summed E-state index contributed by atoms with van der Waals surface area (Å²) in [7, 11) is 2.86. The first-order valence-corrected chi connectivity index (χ1v) is 4.68. The molecule has 0 aliphatic carbocycles. The monoisotopic (exact) mass is 228 g/mol. The second-order valence-corrected chi connectivity index (χ2v) is 3.11. The summed E-state index contributed by atoms with van der Waals surface area (Å²) >= 11 is 0. The number of carboxylic acid groups (broad SMARTS) is 1. The van der Waals surface area contributed by atoms with Gasteiger partial charge >= 0.3 is 5.97 Å². The Balaban J connectivity index is 3.29. The van der Waals surface area contributed by atoms with Crippen LogP contribution in [0.4, 0.5) is 4.39 Å². The molecule has 1 N–H and O–H groups in total. The third kappa shape index (κ3) is 2.42. The van der Waals surface area contributed by atoms with Gasteiger partial charge in [-0.25, -0.2) is 4.79 Å². The van der Waals surface area contributed by atoms with Gasteiger partial charge in [0.1, 0.15) is 0 Å². The number of rotatable bonds is 5. The van der Waals surface area contributed by atoms with Crippen molar-refractivity contribution >= 4 is 5.97 Å². The molecule has 0 aromatic heterocycles. The van der Waals surface area contributed by atoms with Gasteiger partial charge in [-0.05, 0) is 17.7 Å². The van der Waals surface area contributed by atoms with Gasteiger partial charge in [0.25, 0.3) is 0 Å². The van der Waals surface area contributed by atoms with E-state index in [9.17, 15) is 9.18 Å². The van der Waals surface area contributed by atoms with Gasteiger partial charge in [-0.2, -0.15) is 0 Å². The standard InChI is InChI=1S/C11H13FO4/c1-15-9-5-7(3-4-12)8(11(13)14)6-10(9)16-2/h5-6H,3-4H2,1-2H3,(H,13,14). The summed E-state index contributed by atoms with van der Waals surface area (Å²) in [6.45, 7) is -0.615. The highest BCUT2D eigenvalue weighted by atomic mass is 19.1. The molecule has 0 bridgehead atoms. The molecule has 0 aliphatic heterocycles. The van der Waals surface area contributed by atoms with E-state index in [0.29, 0.717) is 17.1 Å². The smallest absolute Gasteiger partial charge is 0.336 e. The maximum absolute atomic E-state index is 12.3. The summed E-state index contributed by atoms with van der Waals surface area (Å²) in [5.41, 5.74) is 0.433. The molecule has 0 heterocycles. The van der Waals surface area contributed by atoms with E-state index >= 15 is 0 Å². The van der Waals surface area contributed by atoms with Crippen LogP contribution in [0.2, 0.25) is 0 Å². The van der Waals surface area contributed by atoms with Crippen LogP contribution in [-0.2, 0) is 6.42 Å². The van der Waals surface area contributed by atoms with Crippen LogP contribution in [0.1, 0.15) is 15.9 Å². The molecular formula is C11H13FO4. The molecule has 0 unspecified atom stereocenters. The third-order valence-corrected chi connectivity index (χ3v) is 2.20. The van der Waals surface area contributed by atoms with Gasteiger partial charge in [-0.3, -0.25) is 4.39 Å². The first kappa shape index (κ1) is 12.3. The molecule has 0 radical (unpaired) electrons. The molecule has 0 aliphatic rings. The number of aromatic carboxylic acids is 1. The molecule has 0 saturated carbocycles. The molecule has 0 spiro atoms. The normalized spacial score (nSPS) is 9.94. The van der Waals surface area contributed by atoms with Crippen molar-refractivity contribution in [2.24, 2.45) is 0 Å². The van der Waals surface area contributed by atoms with Crippen LogP contribution in [0.3, 0.4) is 0 Å². The van der Waals surface area contributed by atoms with Crippen LogP contribution in [0.5, 0.6) is 11.5 Å². The van der Waals surface area contributed by atoms with Crippen molar-refractivity contribution in [3.05, 3.63) is 23.3 Å². The Kier molecular flexibility index (Phi) is 4.10. The van der Waals surface area contributed by atoms with Crippen LogP contribution in [0.15, 0.2) is 12.1 Å². The maximum Gasteiger partial charge on any atom is 0.336 e. The second-order valence-electron chi connectivity index (χ2n) is 3.11. The molecule has 4 nitrogen and oxygen atoms in total. The molecule has 5 heteroatoms. The SMILES string of the molecule is COc1cc(CCF)c(C(=O)O)cc1OC. The lowest BCUT2D eigenvalue weighted by molar-refractivity contribution is 0.0695. The van der Waals surface area contributed by atoms with E-state index in [1.165, 1.54) is 26.4 Å². The fraction of sp³-hybridized carbons (Fsp3) is 0.364. The highest BCUT2D eigenvalue weighted by molar-refractivity contribution is 5.90. The largest absolute Gasteiger partial charge is 0.493 e. The van der Waals surface area contributed by atoms with Gasteiger partial charge in [0.15, 0.2) is 11.5 Å². The van der Waals surface area contributed by atoms with Crippen LogP contribution in [-0.4, -0.2) is 32.0 Å². The Bertz CT molecular complexity index is 390. The zero-order valence-corrected chi connectivity index (χ0v) is 9.12. The van der Waals surface area contributed by atoms with E-state index in [1.807, 2.05) is 0 Å². The second kappa shape index (κ2) is 5.34. The van der Waals surface area contributed by atoms with Gasteiger partial charge in [-0.1, -0.05) is 0 Å². The lowest BCUT2D eigenvalue weighted by Gasteiger charge is -2.11. The Morgan fingerprint density at radius 1 is 1.31 bits per heavy atom. The summed E-state index contributed by atoms with van der Waals surface area (Å²) in [4.78, 5) is 10.9. The van der Waals surface area contributed by atoms with E-state index in [0.717, 1.165) is 0 Å². The van der Waals surface area contributed by atoms with Crippen molar-refractivity contribution in [1.29, 1.82) is 0 Å². The van der Waals surface area contributed by atoms with E-state index < -0.39 is 12.6 Å². The van der Waals surface area contributed by atoms with Crippen molar-refractivity contribution in [1.82, 2.24) is 0 Å². The number of benzene rings is 1. The van der Waals surface area contributed by atoms with Crippen molar-refractivity contribution < 1.29 is 23.8 Å². The van der Waals surface area contributed by atoms with E-state index in [1.54, 1.807) is 0 Å². The van der Waals surface area contributed by atoms with Gasteiger partial charge in [-0.15, -0.1) is 0 Å². The predicted molar refractivity (Wildman–Crippen MR) is 56.2 cm³/mol. The zero-order chi connectivity index (χ0) is 12.1. The summed E-state index contributed by atoms with van der Waals surface area (Å²) in [5, 5.41) is 8.96. The Hall–Kier alpha value is -1.78. The minimum Gasteiger partial charge on any atom is -0.493 e. The molecule has 1 aromatic rings. The molecule has 0 fully saturated rings. The number of hydrogen-bond acceptors (Lipinski definition) is 3. The number of alkyl halides is 1. The van der Waals surface area contributed by atoms with Gasteiger partial charge in [0, 0.05) is 6.42 Å². The molecule has 16 heavy (non-hydrogen) atoms. The first-order valence-electron chi connectivity index (χ1n) is 4.68. The third-order valence-electron chi connectivity index (χ3n) is 2.20. The Labute approximate surface area is 92.6 Å². The predicted octanol–water partition coefficient (Wildman–Crippen LogP) is 1.91. The number of ether oxygens (including phenoxy) is 2. The highest BCUT2D eigenvalue weighted by Gasteiger charge is 2.15. The van der Waals surface area contributed by atoms with Gasteiger partial charge < -0.3 is 14.6 Å². The maximum atomic E-state index is 12.3. The van der Waals surface area contributed by atoms with E-state index in [4.69, 9.17) is 14.6 Å². The number of hydrogen-bond donors (Lipinski definition) is 1. The average Bonchev–Trinajstić information content (AvgIpc) is 2.28. The van der Waals surface area contributed by atoms with Crippen LogP contribution >= 0.6 is 0 Å². The number of methoxy groups -OCH3 is 2. The minimum atomic E-state index is -1.11. The Morgan fingerprint density at radius 2 is 1.88 bits per heavy atom. The minimum absolute atomic E-state index is 0.0373. The number of aryl methyl sites for hydroxylation is 1. The lowest BCUT2D eigenvalue weighted by atomic mass is 10.0. The topological polar surface area (TPSA) is 55.8 Å². The number of carboxylic acids is 1. The number of halogens is 1. The quantitative estimate of drug-likeness (QED) is 0.836. The molecule has 1 aromatic carbocycles. The van der Waals surface area contributed by atoms with Crippen molar-refractivity contribution in [3.63, 3.8) is 0 Å². The summed E-state index contributed by atoms with van der Waals surface area (Å²) in [5.74, 6) is -0.386. The van der Waals surface area contributed by atoms with Gasteiger partial charge in [0.05, 0.1) is 26.5 Å². The molecule has 0 atom stereocenters. The molecule has 0 saturated heterocycles. The molecule has 0 amide bonds. The van der Waals surface area contributed by atoms with Crippen molar-refractivity contribution in [2.45, 2.75) is 6.42 Å². The molecule has 1 rings (SSSR count). The fourth-order valence-corrected chi connectivity index (χ4v) is 1.43. The summed E-state index contributed by atoms with van der Waals surface area (Å²) < 4.78 is 22.3. The summed E-state index contributed by atoms with van der Waals surface area (Å²) in [6, 6.07) is 2.83. The summed E-state index contributed by atoms with van der Waals surface area (Å²) in [6.07, 6.45) is 0.0436. The Morgan fingerprint density at radius 3 is 2.31 bits per heavy atom. The zero-order valence-electron chi connectivity index (χ0n) is 9.12. The molecule has 88 valence electrons.